The molecule has 0 saturated heterocycles. The van der Waals surface area contributed by atoms with Crippen molar-refractivity contribution in [2.45, 2.75) is 43.1 Å². The first-order chi connectivity index (χ1) is 10.2. The van der Waals surface area contributed by atoms with Gasteiger partial charge in [0.2, 0.25) is 0 Å². The first kappa shape index (κ1) is 16.6. The van der Waals surface area contributed by atoms with E-state index in [4.69, 9.17) is 4.74 Å². The molecule has 1 aliphatic rings. The van der Waals surface area contributed by atoms with Gasteiger partial charge in [-0.3, -0.25) is 0 Å². The summed E-state index contributed by atoms with van der Waals surface area (Å²) in [4.78, 5) is 0. The number of rotatable bonds is 7. The molecule has 1 aromatic rings. The Morgan fingerprint density at radius 3 is 2.57 bits per heavy atom. The van der Waals surface area contributed by atoms with E-state index in [-0.39, 0.29) is 12.4 Å². The van der Waals surface area contributed by atoms with Gasteiger partial charge in [-0.05, 0) is 56.2 Å². The van der Waals surface area contributed by atoms with Crippen LogP contribution in [0, 0.1) is 5.82 Å². The van der Waals surface area contributed by atoms with Gasteiger partial charge in [0, 0.05) is 17.8 Å². The summed E-state index contributed by atoms with van der Waals surface area (Å²) in [7, 11) is 0. The maximum atomic E-state index is 12.7. The minimum Gasteiger partial charge on any atom is -0.491 e. The molecule has 1 unspecified atom stereocenters. The Hall–Kier alpha value is -0.780. The Morgan fingerprint density at radius 1 is 1.29 bits per heavy atom. The third kappa shape index (κ3) is 5.85. The second-order valence-corrected chi connectivity index (χ2v) is 6.67. The fourth-order valence-corrected chi connectivity index (χ4v) is 3.33. The monoisotopic (exact) mass is 313 g/mol. The van der Waals surface area contributed by atoms with Crippen molar-refractivity contribution in [1.29, 1.82) is 0 Å². The lowest BCUT2D eigenvalue weighted by molar-refractivity contribution is 0.102. The molecule has 0 radical (unpaired) electrons. The molecule has 0 aliphatic heterocycles. The normalized spacial score (nSPS) is 23.8. The zero-order valence-electron chi connectivity index (χ0n) is 12.4. The van der Waals surface area contributed by atoms with E-state index in [9.17, 15) is 9.50 Å². The van der Waals surface area contributed by atoms with Crippen molar-refractivity contribution in [3.63, 3.8) is 0 Å². The molecule has 1 aliphatic carbocycles. The van der Waals surface area contributed by atoms with Gasteiger partial charge >= 0.3 is 0 Å². The van der Waals surface area contributed by atoms with E-state index in [1.165, 1.54) is 37.8 Å². The summed E-state index contributed by atoms with van der Waals surface area (Å²) in [6.45, 7) is 0.759. The van der Waals surface area contributed by atoms with Crippen LogP contribution in [0.15, 0.2) is 24.3 Å². The first-order valence-electron chi connectivity index (χ1n) is 7.50. The van der Waals surface area contributed by atoms with Crippen LogP contribution in [0.2, 0.25) is 0 Å². The lowest BCUT2D eigenvalue weighted by Gasteiger charge is -2.28. The smallest absolute Gasteiger partial charge is 0.123 e. The highest BCUT2D eigenvalue weighted by molar-refractivity contribution is 7.99. The highest BCUT2D eigenvalue weighted by atomic mass is 32.2. The van der Waals surface area contributed by atoms with E-state index in [0.29, 0.717) is 18.3 Å². The van der Waals surface area contributed by atoms with Gasteiger partial charge in [0.15, 0.2) is 0 Å². The number of aliphatic hydroxyl groups is 1. The number of benzene rings is 1. The molecule has 0 aromatic heterocycles. The van der Waals surface area contributed by atoms with Crippen LogP contribution in [0.4, 0.5) is 4.39 Å². The summed E-state index contributed by atoms with van der Waals surface area (Å²) in [5, 5.41) is 14.1. The Balaban J connectivity index is 1.61. The van der Waals surface area contributed by atoms with Crippen LogP contribution in [0.5, 0.6) is 5.75 Å². The first-order valence-corrected chi connectivity index (χ1v) is 8.78. The molecular formula is C16H24FNO2S. The van der Waals surface area contributed by atoms with Gasteiger partial charge < -0.3 is 15.2 Å². The molecule has 1 saturated carbocycles. The molecule has 3 nitrogen and oxygen atoms in total. The quantitative estimate of drug-likeness (QED) is 0.812. The van der Waals surface area contributed by atoms with Gasteiger partial charge in [0.25, 0.3) is 0 Å². The second-order valence-electron chi connectivity index (χ2n) is 5.54. The number of aliphatic hydroxyl groups excluding tert-OH is 1. The van der Waals surface area contributed by atoms with Crippen molar-refractivity contribution in [2.24, 2.45) is 0 Å². The summed E-state index contributed by atoms with van der Waals surface area (Å²) in [5.74, 6) is 0.293. The predicted molar refractivity (Wildman–Crippen MR) is 85.5 cm³/mol. The van der Waals surface area contributed by atoms with Gasteiger partial charge in [-0.25, -0.2) is 4.39 Å². The van der Waals surface area contributed by atoms with Gasteiger partial charge in [0.05, 0.1) is 0 Å². The fourth-order valence-electron chi connectivity index (χ4n) is 2.59. The van der Waals surface area contributed by atoms with Crippen molar-refractivity contribution in [3.8, 4) is 5.75 Å². The van der Waals surface area contributed by atoms with E-state index in [1.54, 1.807) is 12.1 Å². The fraction of sp³-hybridized carbons (Fsp3) is 0.625. The third-order valence-corrected chi connectivity index (χ3v) is 5.04. The number of hydrogen-bond acceptors (Lipinski definition) is 4. The molecule has 0 heterocycles. The molecule has 1 atom stereocenters. The summed E-state index contributed by atoms with van der Waals surface area (Å²) in [5.41, 5.74) is 0. The predicted octanol–water partition coefficient (Wildman–Crippen LogP) is 2.83. The number of thioether (sulfide) groups is 1. The Morgan fingerprint density at radius 2 is 1.95 bits per heavy atom. The molecular weight excluding hydrogens is 289 g/mol. The summed E-state index contributed by atoms with van der Waals surface area (Å²) < 4.78 is 18.2. The Labute approximate surface area is 130 Å². The second kappa shape index (κ2) is 8.61. The number of hydrogen-bond donors (Lipinski definition) is 2. The van der Waals surface area contributed by atoms with Crippen LogP contribution in [0.3, 0.4) is 0 Å². The molecule has 21 heavy (non-hydrogen) atoms. The molecule has 2 N–H and O–H groups in total. The molecule has 0 spiro atoms. The zero-order valence-corrected chi connectivity index (χ0v) is 13.2. The number of nitrogens with one attached hydrogen (secondary N) is 1. The van der Waals surface area contributed by atoms with E-state index in [0.717, 1.165) is 5.25 Å². The molecule has 118 valence electrons. The minimum atomic E-state index is -0.548. The SMILES string of the molecule is CSC1CCC(NCC(O)COc2ccc(F)cc2)CC1. The van der Waals surface area contributed by atoms with Crippen LogP contribution >= 0.6 is 11.8 Å². The van der Waals surface area contributed by atoms with Crippen LogP contribution in [-0.2, 0) is 0 Å². The van der Waals surface area contributed by atoms with Crippen molar-refractivity contribution in [2.75, 3.05) is 19.4 Å². The maximum absolute atomic E-state index is 12.7. The van der Waals surface area contributed by atoms with Crippen LogP contribution in [-0.4, -0.2) is 41.9 Å². The van der Waals surface area contributed by atoms with Crippen molar-refractivity contribution in [1.82, 2.24) is 5.32 Å². The van der Waals surface area contributed by atoms with E-state index < -0.39 is 6.10 Å². The highest BCUT2D eigenvalue weighted by Gasteiger charge is 2.20. The van der Waals surface area contributed by atoms with E-state index >= 15 is 0 Å². The average molecular weight is 313 g/mol. The zero-order chi connectivity index (χ0) is 15.1. The van der Waals surface area contributed by atoms with Crippen molar-refractivity contribution in [3.05, 3.63) is 30.1 Å². The summed E-state index contributed by atoms with van der Waals surface area (Å²) in [6.07, 6.45) is 6.48. The van der Waals surface area contributed by atoms with Crippen LogP contribution < -0.4 is 10.1 Å². The molecule has 1 aromatic carbocycles. The van der Waals surface area contributed by atoms with Gasteiger partial charge in [0.1, 0.15) is 24.3 Å². The molecule has 0 amide bonds. The third-order valence-electron chi connectivity index (χ3n) is 3.91. The van der Waals surface area contributed by atoms with Gasteiger partial charge in [-0.15, -0.1) is 0 Å². The number of halogens is 1. The molecule has 5 heteroatoms. The lowest BCUT2D eigenvalue weighted by atomic mass is 9.95. The van der Waals surface area contributed by atoms with Gasteiger partial charge in [-0.1, -0.05) is 0 Å². The van der Waals surface area contributed by atoms with Gasteiger partial charge in [-0.2, -0.15) is 11.8 Å². The van der Waals surface area contributed by atoms with E-state index in [2.05, 4.69) is 11.6 Å². The minimum absolute atomic E-state index is 0.221. The van der Waals surface area contributed by atoms with Crippen molar-refractivity contribution >= 4 is 11.8 Å². The molecule has 1 fully saturated rings. The van der Waals surface area contributed by atoms with E-state index in [1.807, 2.05) is 11.8 Å². The lowest BCUT2D eigenvalue weighted by Crippen LogP contribution is -2.40. The Kier molecular flexibility index (Phi) is 6.80. The average Bonchev–Trinajstić information content (AvgIpc) is 2.53. The summed E-state index contributed by atoms with van der Waals surface area (Å²) in [6, 6.07) is 6.35. The Bertz CT molecular complexity index is 407. The largest absolute Gasteiger partial charge is 0.491 e. The molecule has 2 rings (SSSR count). The van der Waals surface area contributed by atoms with Crippen LogP contribution in [0.1, 0.15) is 25.7 Å². The topological polar surface area (TPSA) is 41.5 Å². The summed E-state index contributed by atoms with van der Waals surface area (Å²) >= 11 is 1.96. The molecule has 0 bridgehead atoms. The number of ether oxygens (including phenoxy) is 1. The standard InChI is InChI=1S/C16H24FNO2S/c1-21-16-8-4-13(5-9-16)18-10-14(19)11-20-15-6-2-12(17)3-7-15/h2-3,6-7,13-14,16,18-19H,4-5,8-11H2,1H3. The van der Waals surface area contributed by atoms with Crippen molar-refractivity contribution < 1.29 is 14.2 Å². The highest BCUT2D eigenvalue weighted by Crippen LogP contribution is 2.26. The van der Waals surface area contributed by atoms with Crippen LogP contribution in [0.25, 0.3) is 0 Å². The maximum Gasteiger partial charge on any atom is 0.123 e.